The summed E-state index contributed by atoms with van der Waals surface area (Å²) in [5.41, 5.74) is 8.85. The van der Waals surface area contributed by atoms with Crippen LogP contribution < -0.4 is 11.1 Å². The van der Waals surface area contributed by atoms with Gasteiger partial charge in [0.2, 0.25) is 0 Å². The molecule has 1 aliphatic rings. The zero-order valence-corrected chi connectivity index (χ0v) is 14.9. The first-order chi connectivity index (χ1) is 12.5. The summed E-state index contributed by atoms with van der Waals surface area (Å²) >= 11 is 0. The van der Waals surface area contributed by atoms with Crippen LogP contribution in [0.5, 0.6) is 0 Å². The third-order valence-electron chi connectivity index (χ3n) is 4.69. The lowest BCUT2D eigenvalue weighted by atomic mass is 10.1. The Labute approximate surface area is 153 Å². The Hall–Kier alpha value is -2.86. The average molecular weight is 352 g/mol. The number of aryl methyl sites for hydroxylation is 1. The molecule has 2 aromatic carbocycles. The Morgan fingerprint density at radius 2 is 1.77 bits per heavy atom. The van der Waals surface area contributed by atoms with Gasteiger partial charge in [-0.25, -0.2) is 4.79 Å². The number of primary amides is 1. The first kappa shape index (κ1) is 17.9. The lowest BCUT2D eigenvalue weighted by Gasteiger charge is -2.35. The van der Waals surface area contributed by atoms with E-state index in [1.165, 1.54) is 11.1 Å². The molecule has 3 amide bonds. The number of nitrogens with zero attached hydrogens (tertiary/aromatic N) is 2. The molecule has 3 N–H and O–H groups in total. The van der Waals surface area contributed by atoms with Gasteiger partial charge in [-0.2, -0.15) is 0 Å². The number of hydrogen-bond donors (Lipinski definition) is 2. The lowest BCUT2D eigenvalue weighted by molar-refractivity contribution is 0.0628. The highest BCUT2D eigenvalue weighted by Gasteiger charge is 2.22. The molecule has 0 saturated carbocycles. The van der Waals surface area contributed by atoms with E-state index >= 15 is 0 Å². The Kier molecular flexibility index (Phi) is 5.53. The maximum Gasteiger partial charge on any atom is 0.316 e. The van der Waals surface area contributed by atoms with Crippen molar-refractivity contribution in [3.63, 3.8) is 0 Å². The van der Waals surface area contributed by atoms with Crippen LogP contribution in [0, 0.1) is 6.92 Å². The second kappa shape index (κ2) is 8.01. The monoisotopic (exact) mass is 352 g/mol. The minimum atomic E-state index is -0.639. The van der Waals surface area contributed by atoms with Gasteiger partial charge in [0.05, 0.1) is 0 Å². The highest BCUT2D eigenvalue weighted by molar-refractivity contribution is 5.96. The summed E-state index contributed by atoms with van der Waals surface area (Å²) in [7, 11) is 0. The Morgan fingerprint density at radius 1 is 1.04 bits per heavy atom. The van der Waals surface area contributed by atoms with Gasteiger partial charge >= 0.3 is 6.03 Å². The molecule has 6 heteroatoms. The number of rotatable bonds is 4. The number of urea groups is 1. The van der Waals surface area contributed by atoms with E-state index in [0.29, 0.717) is 24.3 Å². The number of benzene rings is 2. The topological polar surface area (TPSA) is 78.7 Å². The van der Waals surface area contributed by atoms with Gasteiger partial charge in [-0.1, -0.05) is 30.3 Å². The van der Waals surface area contributed by atoms with E-state index in [0.717, 1.165) is 19.6 Å². The Morgan fingerprint density at radius 3 is 2.46 bits per heavy atom. The molecular formula is C20H24N4O2. The lowest BCUT2D eigenvalue weighted by Crippen LogP contribution is -2.48. The van der Waals surface area contributed by atoms with Gasteiger partial charge in [-0.15, -0.1) is 0 Å². The summed E-state index contributed by atoms with van der Waals surface area (Å²) in [5.74, 6) is -0.0198. The molecule has 1 aliphatic heterocycles. The maximum atomic E-state index is 12.7. The number of anilines is 1. The minimum Gasteiger partial charge on any atom is -0.351 e. The van der Waals surface area contributed by atoms with Crippen molar-refractivity contribution in [2.24, 2.45) is 5.73 Å². The first-order valence-electron chi connectivity index (χ1n) is 8.75. The molecule has 0 unspecified atom stereocenters. The van der Waals surface area contributed by atoms with Gasteiger partial charge in [-0.05, 0) is 36.2 Å². The van der Waals surface area contributed by atoms with Crippen molar-refractivity contribution in [3.05, 3.63) is 65.2 Å². The number of amides is 3. The van der Waals surface area contributed by atoms with Gasteiger partial charge in [0.15, 0.2) is 0 Å². The van der Waals surface area contributed by atoms with Gasteiger partial charge in [0.25, 0.3) is 5.91 Å². The van der Waals surface area contributed by atoms with Crippen LogP contribution in [0.15, 0.2) is 48.5 Å². The number of nitrogens with one attached hydrogen (secondary N) is 1. The zero-order valence-electron chi connectivity index (χ0n) is 14.9. The molecule has 1 heterocycles. The van der Waals surface area contributed by atoms with E-state index in [1.807, 2.05) is 4.90 Å². The third-order valence-corrected chi connectivity index (χ3v) is 4.69. The van der Waals surface area contributed by atoms with Crippen LogP contribution in [0.1, 0.15) is 21.5 Å². The summed E-state index contributed by atoms with van der Waals surface area (Å²) in [6, 6.07) is 14.6. The van der Waals surface area contributed by atoms with Gasteiger partial charge in [-0.3, -0.25) is 9.69 Å². The fraction of sp³-hybridized carbons (Fsp3) is 0.300. The van der Waals surface area contributed by atoms with Crippen LogP contribution in [0.4, 0.5) is 10.5 Å². The average Bonchev–Trinajstić information content (AvgIpc) is 2.63. The molecule has 1 saturated heterocycles. The molecule has 0 aromatic heterocycles. The summed E-state index contributed by atoms with van der Waals surface area (Å²) in [6.45, 7) is 6.12. The summed E-state index contributed by atoms with van der Waals surface area (Å²) in [5, 5.41) is 2.50. The molecule has 0 aliphatic carbocycles. The summed E-state index contributed by atoms with van der Waals surface area (Å²) in [4.78, 5) is 27.9. The molecule has 3 rings (SSSR count). The van der Waals surface area contributed by atoms with Crippen molar-refractivity contribution in [2.75, 3.05) is 31.5 Å². The van der Waals surface area contributed by atoms with Crippen LogP contribution in [-0.4, -0.2) is 47.9 Å². The standard InChI is InChI=1S/C20H24N4O2/c1-15-5-2-3-6-17(15)14-23-9-11-24(12-10-23)19(25)16-7-4-8-18(13-16)22-20(21)26/h2-8,13H,9-12,14H2,1H3,(H3,21,22,26). The summed E-state index contributed by atoms with van der Waals surface area (Å²) < 4.78 is 0. The van der Waals surface area contributed by atoms with Gasteiger partial charge < -0.3 is 16.0 Å². The highest BCUT2D eigenvalue weighted by Crippen LogP contribution is 2.16. The minimum absolute atomic E-state index is 0.0198. The van der Waals surface area contributed by atoms with Crippen molar-refractivity contribution < 1.29 is 9.59 Å². The second-order valence-corrected chi connectivity index (χ2v) is 6.56. The zero-order chi connectivity index (χ0) is 18.5. The van der Waals surface area contributed by atoms with Gasteiger partial charge in [0.1, 0.15) is 0 Å². The van der Waals surface area contributed by atoms with Crippen LogP contribution in [0.25, 0.3) is 0 Å². The summed E-state index contributed by atoms with van der Waals surface area (Å²) in [6.07, 6.45) is 0. The van der Waals surface area contributed by atoms with Crippen molar-refractivity contribution in [2.45, 2.75) is 13.5 Å². The van der Waals surface area contributed by atoms with E-state index in [4.69, 9.17) is 5.73 Å². The van der Waals surface area contributed by atoms with Crippen molar-refractivity contribution >= 4 is 17.6 Å². The van der Waals surface area contributed by atoms with Crippen LogP contribution in [-0.2, 0) is 6.54 Å². The van der Waals surface area contributed by atoms with Crippen molar-refractivity contribution in [1.82, 2.24) is 9.80 Å². The quantitative estimate of drug-likeness (QED) is 0.887. The molecule has 136 valence electrons. The van der Waals surface area contributed by atoms with Crippen LogP contribution in [0.3, 0.4) is 0 Å². The predicted octanol–water partition coefficient (Wildman–Crippen LogP) is 2.44. The molecule has 0 spiro atoms. The van der Waals surface area contributed by atoms with E-state index < -0.39 is 6.03 Å². The Balaban J connectivity index is 1.58. The molecule has 1 fully saturated rings. The van der Waals surface area contributed by atoms with Gasteiger partial charge in [0, 0.05) is 44.0 Å². The molecule has 6 nitrogen and oxygen atoms in total. The SMILES string of the molecule is Cc1ccccc1CN1CCN(C(=O)c2cccc(NC(N)=O)c2)CC1. The number of hydrogen-bond acceptors (Lipinski definition) is 3. The van der Waals surface area contributed by atoms with Crippen LogP contribution in [0.2, 0.25) is 0 Å². The predicted molar refractivity (Wildman–Crippen MR) is 102 cm³/mol. The number of piperazine rings is 1. The number of carbonyl (C=O) groups is 2. The van der Waals surface area contributed by atoms with E-state index in [2.05, 4.69) is 41.4 Å². The smallest absolute Gasteiger partial charge is 0.316 e. The van der Waals surface area contributed by atoms with E-state index in [1.54, 1.807) is 24.3 Å². The molecule has 0 radical (unpaired) electrons. The fourth-order valence-electron chi connectivity index (χ4n) is 3.19. The molecule has 0 bridgehead atoms. The first-order valence-corrected chi connectivity index (χ1v) is 8.75. The van der Waals surface area contributed by atoms with E-state index in [-0.39, 0.29) is 5.91 Å². The normalized spacial score (nSPS) is 14.9. The number of nitrogens with two attached hydrogens (primary N) is 1. The number of carbonyl (C=O) groups excluding carboxylic acids is 2. The van der Waals surface area contributed by atoms with Crippen molar-refractivity contribution in [1.29, 1.82) is 0 Å². The molecular weight excluding hydrogens is 328 g/mol. The highest BCUT2D eigenvalue weighted by atomic mass is 16.2. The molecule has 2 aromatic rings. The third kappa shape index (κ3) is 4.40. The maximum absolute atomic E-state index is 12.7. The Bertz CT molecular complexity index is 798. The molecule has 0 atom stereocenters. The second-order valence-electron chi connectivity index (χ2n) is 6.56. The molecule has 26 heavy (non-hydrogen) atoms. The van der Waals surface area contributed by atoms with Crippen LogP contribution >= 0.6 is 0 Å². The fourth-order valence-corrected chi connectivity index (χ4v) is 3.19. The largest absolute Gasteiger partial charge is 0.351 e. The van der Waals surface area contributed by atoms with E-state index in [9.17, 15) is 9.59 Å². The van der Waals surface area contributed by atoms with Crippen molar-refractivity contribution in [3.8, 4) is 0 Å².